The molecule has 0 aromatic heterocycles. The lowest BCUT2D eigenvalue weighted by Crippen LogP contribution is -2.28. The van der Waals surface area contributed by atoms with Crippen LogP contribution in [0.15, 0.2) is 48.5 Å². The maximum Gasteiger partial charge on any atom is 0.335 e. The van der Waals surface area contributed by atoms with E-state index in [1.807, 2.05) is 24.3 Å². The molecule has 0 atom stereocenters. The van der Waals surface area contributed by atoms with Gasteiger partial charge in [-0.2, -0.15) is 0 Å². The molecule has 0 saturated heterocycles. The average Bonchev–Trinajstić information content (AvgIpc) is 2.54. The van der Waals surface area contributed by atoms with E-state index in [9.17, 15) is 14.7 Å². The largest absolute Gasteiger partial charge is 0.478 e. The first-order chi connectivity index (χ1) is 10.9. The predicted molar refractivity (Wildman–Crippen MR) is 91.0 cm³/mol. The van der Waals surface area contributed by atoms with Crippen LogP contribution in [0, 0.1) is 0 Å². The molecule has 0 spiro atoms. The van der Waals surface area contributed by atoms with Crippen LogP contribution in [0.3, 0.4) is 0 Å². The number of carbonyl (C=O) groups excluding carboxylic acids is 1. The molecule has 0 saturated carbocycles. The van der Waals surface area contributed by atoms with Gasteiger partial charge in [0.1, 0.15) is 0 Å². The molecule has 0 bridgehead atoms. The van der Waals surface area contributed by atoms with Crippen LogP contribution in [0.1, 0.15) is 41.3 Å². The number of amides is 1. The lowest BCUT2D eigenvalue weighted by Gasteiger charge is -2.19. The summed E-state index contributed by atoms with van der Waals surface area (Å²) in [6, 6.07) is 14.4. The van der Waals surface area contributed by atoms with E-state index in [1.165, 1.54) is 6.07 Å². The summed E-state index contributed by atoms with van der Waals surface area (Å²) in [7, 11) is 1.71. The molecule has 4 heteroatoms. The monoisotopic (exact) mass is 311 g/mol. The van der Waals surface area contributed by atoms with Crippen molar-refractivity contribution in [3.8, 4) is 0 Å². The van der Waals surface area contributed by atoms with Gasteiger partial charge < -0.3 is 10.0 Å². The Morgan fingerprint density at radius 3 is 2.43 bits per heavy atom. The first-order valence-corrected chi connectivity index (χ1v) is 7.58. The van der Waals surface area contributed by atoms with Gasteiger partial charge in [-0.3, -0.25) is 4.79 Å². The Morgan fingerprint density at radius 1 is 1.09 bits per heavy atom. The van der Waals surface area contributed by atoms with Gasteiger partial charge in [0.25, 0.3) is 0 Å². The van der Waals surface area contributed by atoms with Crippen LogP contribution in [0.2, 0.25) is 0 Å². The van der Waals surface area contributed by atoms with E-state index in [0.29, 0.717) is 11.5 Å². The van der Waals surface area contributed by atoms with Gasteiger partial charge in [-0.25, -0.2) is 4.79 Å². The number of likely N-dealkylation sites (N-methyl/N-ethyl adjacent to an activating group) is 1. The molecular formula is C19H21NO3. The van der Waals surface area contributed by atoms with Crippen LogP contribution in [0.25, 0.3) is 0 Å². The SMILES string of the molecule is CC(C)c1cccc(N(C)C(=O)Cc2ccccc2C(=O)O)c1. The summed E-state index contributed by atoms with van der Waals surface area (Å²) in [5, 5.41) is 9.21. The highest BCUT2D eigenvalue weighted by Crippen LogP contribution is 2.22. The molecule has 2 aromatic carbocycles. The zero-order valence-electron chi connectivity index (χ0n) is 13.6. The minimum Gasteiger partial charge on any atom is -0.478 e. The van der Waals surface area contributed by atoms with E-state index in [2.05, 4.69) is 13.8 Å². The highest BCUT2D eigenvalue weighted by Gasteiger charge is 2.16. The smallest absolute Gasteiger partial charge is 0.335 e. The molecule has 2 rings (SSSR count). The molecule has 0 heterocycles. The predicted octanol–water partition coefficient (Wildman–Crippen LogP) is 3.71. The Labute approximate surface area is 136 Å². The summed E-state index contributed by atoms with van der Waals surface area (Å²) >= 11 is 0. The van der Waals surface area contributed by atoms with Crippen molar-refractivity contribution in [1.29, 1.82) is 0 Å². The van der Waals surface area contributed by atoms with E-state index in [1.54, 1.807) is 30.1 Å². The zero-order chi connectivity index (χ0) is 17.0. The molecule has 1 N–H and O–H groups in total. The van der Waals surface area contributed by atoms with Crippen LogP contribution in [-0.4, -0.2) is 24.0 Å². The molecule has 1 amide bonds. The molecule has 0 fully saturated rings. The first kappa shape index (κ1) is 16.7. The number of hydrogen-bond donors (Lipinski definition) is 1. The van der Waals surface area contributed by atoms with Crippen molar-refractivity contribution in [2.45, 2.75) is 26.2 Å². The first-order valence-electron chi connectivity index (χ1n) is 7.58. The van der Waals surface area contributed by atoms with Crippen molar-refractivity contribution >= 4 is 17.6 Å². The minimum atomic E-state index is -1.02. The number of anilines is 1. The summed E-state index contributed by atoms with van der Waals surface area (Å²) in [4.78, 5) is 25.3. The number of benzene rings is 2. The molecule has 0 aliphatic carbocycles. The highest BCUT2D eigenvalue weighted by atomic mass is 16.4. The topological polar surface area (TPSA) is 57.6 Å². The maximum atomic E-state index is 12.5. The van der Waals surface area contributed by atoms with Crippen molar-refractivity contribution in [2.24, 2.45) is 0 Å². The van der Waals surface area contributed by atoms with E-state index < -0.39 is 5.97 Å². The normalized spacial score (nSPS) is 10.6. The third-order valence-corrected chi connectivity index (χ3v) is 3.89. The molecular weight excluding hydrogens is 290 g/mol. The quantitative estimate of drug-likeness (QED) is 0.915. The standard InChI is InChI=1S/C19H21NO3/c1-13(2)14-8-6-9-16(11-14)20(3)18(21)12-15-7-4-5-10-17(15)19(22)23/h4-11,13H,12H2,1-3H3,(H,22,23). The Bertz CT molecular complexity index is 722. The number of hydrogen-bond acceptors (Lipinski definition) is 2. The van der Waals surface area contributed by atoms with E-state index >= 15 is 0 Å². The van der Waals surface area contributed by atoms with Gasteiger partial charge in [0.2, 0.25) is 5.91 Å². The van der Waals surface area contributed by atoms with Crippen LogP contribution < -0.4 is 4.90 Å². The second-order valence-corrected chi connectivity index (χ2v) is 5.84. The van der Waals surface area contributed by atoms with Gasteiger partial charge in [0, 0.05) is 12.7 Å². The molecule has 4 nitrogen and oxygen atoms in total. The third kappa shape index (κ3) is 3.97. The number of aromatic carboxylic acids is 1. The van der Waals surface area contributed by atoms with Crippen LogP contribution >= 0.6 is 0 Å². The molecule has 0 radical (unpaired) electrons. The fraction of sp³-hybridized carbons (Fsp3) is 0.263. The molecule has 120 valence electrons. The third-order valence-electron chi connectivity index (χ3n) is 3.89. The van der Waals surface area contributed by atoms with Gasteiger partial charge >= 0.3 is 5.97 Å². The Balaban J connectivity index is 2.21. The van der Waals surface area contributed by atoms with Crippen molar-refractivity contribution < 1.29 is 14.7 Å². The highest BCUT2D eigenvalue weighted by molar-refractivity contribution is 5.97. The van der Waals surface area contributed by atoms with Gasteiger partial charge in [-0.05, 0) is 35.2 Å². The molecule has 2 aromatic rings. The van der Waals surface area contributed by atoms with Crippen molar-refractivity contribution in [3.05, 3.63) is 65.2 Å². The lowest BCUT2D eigenvalue weighted by atomic mass is 10.0. The minimum absolute atomic E-state index is 0.0604. The second-order valence-electron chi connectivity index (χ2n) is 5.84. The van der Waals surface area contributed by atoms with Gasteiger partial charge in [0.15, 0.2) is 0 Å². The fourth-order valence-electron chi connectivity index (χ4n) is 2.40. The van der Waals surface area contributed by atoms with Crippen LogP contribution in [0.4, 0.5) is 5.69 Å². The lowest BCUT2D eigenvalue weighted by molar-refractivity contribution is -0.117. The van der Waals surface area contributed by atoms with Gasteiger partial charge in [-0.1, -0.05) is 44.2 Å². The molecule has 0 unspecified atom stereocenters. The molecule has 0 aliphatic rings. The van der Waals surface area contributed by atoms with Crippen molar-refractivity contribution in [1.82, 2.24) is 0 Å². The number of carboxylic acid groups (broad SMARTS) is 1. The number of rotatable bonds is 5. The van der Waals surface area contributed by atoms with Crippen LogP contribution in [-0.2, 0) is 11.2 Å². The van der Waals surface area contributed by atoms with Crippen LogP contribution in [0.5, 0.6) is 0 Å². The van der Waals surface area contributed by atoms with Crippen molar-refractivity contribution in [3.63, 3.8) is 0 Å². The Kier molecular flexibility index (Phi) is 5.16. The van der Waals surface area contributed by atoms with Gasteiger partial charge in [-0.15, -0.1) is 0 Å². The maximum absolute atomic E-state index is 12.5. The Hall–Kier alpha value is -2.62. The summed E-state index contributed by atoms with van der Waals surface area (Å²) < 4.78 is 0. The number of nitrogens with zero attached hydrogens (tertiary/aromatic N) is 1. The molecule has 0 aliphatic heterocycles. The summed E-state index contributed by atoms with van der Waals surface area (Å²) in [5.74, 6) is -0.774. The fourth-order valence-corrected chi connectivity index (χ4v) is 2.40. The second kappa shape index (κ2) is 7.09. The number of carboxylic acids is 1. The zero-order valence-corrected chi connectivity index (χ0v) is 13.6. The summed E-state index contributed by atoms with van der Waals surface area (Å²) in [6.07, 6.45) is 0.0604. The van der Waals surface area contributed by atoms with Gasteiger partial charge in [0.05, 0.1) is 12.0 Å². The molecule has 23 heavy (non-hydrogen) atoms. The number of carbonyl (C=O) groups is 2. The van der Waals surface area contributed by atoms with E-state index in [-0.39, 0.29) is 17.9 Å². The van der Waals surface area contributed by atoms with Crippen molar-refractivity contribution in [2.75, 3.05) is 11.9 Å². The van der Waals surface area contributed by atoms with E-state index in [0.717, 1.165) is 11.3 Å². The van der Waals surface area contributed by atoms with E-state index in [4.69, 9.17) is 0 Å². The Morgan fingerprint density at radius 2 is 1.78 bits per heavy atom. The average molecular weight is 311 g/mol. The summed E-state index contributed by atoms with van der Waals surface area (Å²) in [5.41, 5.74) is 2.67. The summed E-state index contributed by atoms with van der Waals surface area (Å²) in [6.45, 7) is 4.20.